The first-order valence-corrected chi connectivity index (χ1v) is 6.46. The molecule has 2 rings (SSSR count). The minimum atomic E-state index is -0.244. The molecule has 0 bridgehead atoms. The third-order valence-electron chi connectivity index (χ3n) is 3.34. The van der Waals surface area contributed by atoms with Gasteiger partial charge in [0.05, 0.1) is 6.04 Å². The van der Waals surface area contributed by atoms with Crippen molar-refractivity contribution in [2.24, 2.45) is 0 Å². The van der Waals surface area contributed by atoms with Gasteiger partial charge in [-0.2, -0.15) is 0 Å². The molecule has 1 heterocycles. The van der Waals surface area contributed by atoms with Crippen molar-refractivity contribution >= 4 is 5.91 Å². The Balaban J connectivity index is 2.01. The van der Waals surface area contributed by atoms with Gasteiger partial charge in [-0.1, -0.05) is 12.1 Å². The molecule has 1 aromatic carbocycles. The molecule has 1 saturated heterocycles. The number of rotatable bonds is 3. The summed E-state index contributed by atoms with van der Waals surface area (Å²) in [5.74, 6) is -0.192. The van der Waals surface area contributed by atoms with Gasteiger partial charge >= 0.3 is 0 Å². The van der Waals surface area contributed by atoms with E-state index in [1.54, 1.807) is 6.07 Å². The van der Waals surface area contributed by atoms with Crippen LogP contribution in [-0.4, -0.2) is 18.5 Å². The van der Waals surface area contributed by atoms with Crippen LogP contribution in [0.3, 0.4) is 0 Å². The van der Waals surface area contributed by atoms with E-state index in [1.165, 1.54) is 12.1 Å². The molecule has 18 heavy (non-hydrogen) atoms. The van der Waals surface area contributed by atoms with Crippen molar-refractivity contribution in [1.29, 1.82) is 0 Å². The number of halogens is 1. The molecular weight excluding hydrogens is 231 g/mol. The molecule has 4 heteroatoms. The van der Waals surface area contributed by atoms with E-state index < -0.39 is 0 Å². The summed E-state index contributed by atoms with van der Waals surface area (Å²) in [5, 5.41) is 6.16. The summed E-state index contributed by atoms with van der Waals surface area (Å²) in [7, 11) is 0. The zero-order valence-electron chi connectivity index (χ0n) is 10.6. The van der Waals surface area contributed by atoms with Gasteiger partial charge in [-0.15, -0.1) is 0 Å². The Morgan fingerprint density at radius 1 is 1.44 bits per heavy atom. The molecule has 1 aromatic rings. The third kappa shape index (κ3) is 3.29. The van der Waals surface area contributed by atoms with Gasteiger partial charge in [0.15, 0.2) is 0 Å². The van der Waals surface area contributed by atoms with Crippen LogP contribution in [0.25, 0.3) is 0 Å². The Morgan fingerprint density at radius 3 is 3.06 bits per heavy atom. The highest BCUT2D eigenvalue weighted by atomic mass is 19.1. The summed E-state index contributed by atoms with van der Waals surface area (Å²) >= 11 is 0. The normalized spacial score (nSPS) is 22.1. The molecule has 2 unspecified atom stereocenters. The first-order valence-electron chi connectivity index (χ1n) is 6.46. The lowest BCUT2D eigenvalue weighted by Crippen LogP contribution is -2.43. The molecule has 0 aliphatic carbocycles. The van der Waals surface area contributed by atoms with E-state index in [9.17, 15) is 9.18 Å². The fourth-order valence-corrected chi connectivity index (χ4v) is 2.27. The van der Waals surface area contributed by atoms with Crippen LogP contribution in [0.4, 0.5) is 4.39 Å². The van der Waals surface area contributed by atoms with Gasteiger partial charge < -0.3 is 5.32 Å². The molecule has 1 aliphatic rings. The van der Waals surface area contributed by atoms with Crippen LogP contribution >= 0.6 is 0 Å². The summed E-state index contributed by atoms with van der Waals surface area (Å²) in [4.78, 5) is 11.8. The third-order valence-corrected chi connectivity index (χ3v) is 3.34. The van der Waals surface area contributed by atoms with Gasteiger partial charge in [0.2, 0.25) is 5.91 Å². The second-order valence-electron chi connectivity index (χ2n) is 4.78. The van der Waals surface area contributed by atoms with Crippen LogP contribution in [0.1, 0.15) is 37.8 Å². The second kappa shape index (κ2) is 5.96. The average molecular weight is 250 g/mol. The van der Waals surface area contributed by atoms with Crippen molar-refractivity contribution < 1.29 is 9.18 Å². The highest BCUT2D eigenvalue weighted by Gasteiger charge is 2.22. The van der Waals surface area contributed by atoms with Gasteiger partial charge in [-0.3, -0.25) is 10.1 Å². The predicted octanol–water partition coefficient (Wildman–Crippen LogP) is 2.14. The molecule has 3 nitrogen and oxygen atoms in total. The first kappa shape index (κ1) is 13.0. The minimum absolute atomic E-state index is 0.0328. The van der Waals surface area contributed by atoms with Crippen molar-refractivity contribution in [3.63, 3.8) is 0 Å². The molecule has 1 amide bonds. The van der Waals surface area contributed by atoms with Crippen LogP contribution in [-0.2, 0) is 4.79 Å². The Hall–Kier alpha value is -1.42. The van der Waals surface area contributed by atoms with Crippen LogP contribution in [0, 0.1) is 5.82 Å². The van der Waals surface area contributed by atoms with Gasteiger partial charge in [0, 0.05) is 12.6 Å². The van der Waals surface area contributed by atoms with E-state index in [0.717, 1.165) is 31.4 Å². The minimum Gasteiger partial charge on any atom is -0.355 e. The van der Waals surface area contributed by atoms with Crippen LogP contribution < -0.4 is 10.6 Å². The predicted molar refractivity (Wildman–Crippen MR) is 68.6 cm³/mol. The smallest absolute Gasteiger partial charge is 0.237 e. The largest absolute Gasteiger partial charge is 0.355 e. The van der Waals surface area contributed by atoms with Gasteiger partial charge in [0.25, 0.3) is 0 Å². The van der Waals surface area contributed by atoms with Crippen molar-refractivity contribution in [2.75, 3.05) is 6.54 Å². The standard InChI is InChI=1S/C14H19FN2O/c1-10(11-5-4-6-12(15)9-11)17-13-7-2-3-8-16-14(13)18/h4-6,9-10,13,17H,2-3,7-8H2,1H3,(H,16,18). The van der Waals surface area contributed by atoms with E-state index in [2.05, 4.69) is 10.6 Å². The van der Waals surface area contributed by atoms with E-state index in [4.69, 9.17) is 0 Å². The number of carbonyl (C=O) groups excluding carboxylic acids is 1. The van der Waals surface area contributed by atoms with E-state index in [-0.39, 0.29) is 23.8 Å². The SMILES string of the molecule is CC(NC1CCCCNC1=O)c1cccc(F)c1. The lowest BCUT2D eigenvalue weighted by Gasteiger charge is -2.21. The van der Waals surface area contributed by atoms with Crippen LogP contribution in [0.5, 0.6) is 0 Å². The fraction of sp³-hybridized carbons (Fsp3) is 0.500. The molecule has 2 N–H and O–H groups in total. The maximum atomic E-state index is 13.1. The van der Waals surface area contributed by atoms with E-state index >= 15 is 0 Å². The van der Waals surface area contributed by atoms with Gasteiger partial charge in [-0.05, 0) is 43.9 Å². The quantitative estimate of drug-likeness (QED) is 0.863. The number of hydrogen-bond acceptors (Lipinski definition) is 2. The molecule has 1 aliphatic heterocycles. The number of benzene rings is 1. The summed E-state index contributed by atoms with van der Waals surface area (Å²) in [5.41, 5.74) is 0.868. The highest BCUT2D eigenvalue weighted by Crippen LogP contribution is 2.16. The van der Waals surface area contributed by atoms with Crippen molar-refractivity contribution in [3.8, 4) is 0 Å². The van der Waals surface area contributed by atoms with E-state index in [0.29, 0.717) is 0 Å². The monoisotopic (exact) mass is 250 g/mol. The summed E-state index contributed by atoms with van der Waals surface area (Å²) in [6.07, 6.45) is 2.90. The molecule has 0 radical (unpaired) electrons. The highest BCUT2D eigenvalue weighted by molar-refractivity contribution is 5.81. The molecule has 0 aromatic heterocycles. The summed E-state index contributed by atoms with van der Waals surface area (Å²) in [6.45, 7) is 2.71. The lowest BCUT2D eigenvalue weighted by molar-refractivity contribution is -0.123. The Labute approximate surface area is 107 Å². The fourth-order valence-electron chi connectivity index (χ4n) is 2.27. The van der Waals surface area contributed by atoms with Crippen LogP contribution in [0.15, 0.2) is 24.3 Å². The Kier molecular flexibility index (Phi) is 4.31. The number of amides is 1. The topological polar surface area (TPSA) is 41.1 Å². The number of carbonyl (C=O) groups is 1. The lowest BCUT2D eigenvalue weighted by atomic mass is 10.1. The van der Waals surface area contributed by atoms with Crippen molar-refractivity contribution in [3.05, 3.63) is 35.6 Å². The number of nitrogens with one attached hydrogen (secondary N) is 2. The zero-order valence-corrected chi connectivity index (χ0v) is 10.6. The molecular formula is C14H19FN2O. The zero-order chi connectivity index (χ0) is 13.0. The van der Waals surface area contributed by atoms with Gasteiger partial charge in [-0.25, -0.2) is 4.39 Å². The maximum absolute atomic E-state index is 13.1. The molecule has 98 valence electrons. The van der Waals surface area contributed by atoms with Crippen LogP contribution in [0.2, 0.25) is 0 Å². The van der Waals surface area contributed by atoms with E-state index in [1.807, 2.05) is 13.0 Å². The molecule has 0 spiro atoms. The first-order chi connectivity index (χ1) is 8.66. The maximum Gasteiger partial charge on any atom is 0.237 e. The summed E-state index contributed by atoms with van der Waals surface area (Å²) < 4.78 is 13.1. The Morgan fingerprint density at radius 2 is 2.28 bits per heavy atom. The summed E-state index contributed by atoms with van der Waals surface area (Å²) in [6, 6.07) is 6.28. The van der Waals surface area contributed by atoms with Gasteiger partial charge in [0.1, 0.15) is 5.82 Å². The van der Waals surface area contributed by atoms with Crippen molar-refractivity contribution in [2.45, 2.75) is 38.3 Å². The molecule has 0 saturated carbocycles. The Bertz CT molecular complexity index is 422. The molecule has 2 atom stereocenters. The van der Waals surface area contributed by atoms with Crippen molar-refractivity contribution in [1.82, 2.24) is 10.6 Å². The average Bonchev–Trinajstić information content (AvgIpc) is 2.55. The molecule has 1 fully saturated rings. The number of hydrogen-bond donors (Lipinski definition) is 2. The second-order valence-corrected chi connectivity index (χ2v) is 4.78.